The van der Waals surface area contributed by atoms with E-state index < -0.39 is 5.97 Å². The van der Waals surface area contributed by atoms with Crippen molar-refractivity contribution in [3.05, 3.63) is 59.4 Å². The first-order chi connectivity index (χ1) is 9.24. The fourth-order valence-corrected chi connectivity index (χ4v) is 1.47. The summed E-state index contributed by atoms with van der Waals surface area (Å²) in [6.45, 7) is 0.0339. The van der Waals surface area contributed by atoms with Crippen LogP contribution in [0.25, 0.3) is 0 Å². The molecule has 4 nitrogen and oxygen atoms in total. The molecular formula is C14H12ClNO3. The standard InChI is InChI=1S/C14H12ClNO3/c15-13-7-6-11(8-16-13)9-19-14(17)10-18-12-4-2-1-3-5-12/h1-8H,9-10H2. The van der Waals surface area contributed by atoms with E-state index in [0.717, 1.165) is 5.56 Å². The second-order valence-corrected chi connectivity index (χ2v) is 4.14. The van der Waals surface area contributed by atoms with Gasteiger partial charge in [0, 0.05) is 11.8 Å². The van der Waals surface area contributed by atoms with Gasteiger partial charge in [-0.3, -0.25) is 0 Å². The van der Waals surface area contributed by atoms with Crippen LogP contribution >= 0.6 is 11.6 Å². The number of nitrogens with zero attached hydrogens (tertiary/aromatic N) is 1. The van der Waals surface area contributed by atoms with Crippen LogP contribution in [0, 0.1) is 0 Å². The van der Waals surface area contributed by atoms with Crippen LogP contribution < -0.4 is 4.74 Å². The van der Waals surface area contributed by atoms with Gasteiger partial charge in [-0.2, -0.15) is 0 Å². The van der Waals surface area contributed by atoms with E-state index in [9.17, 15) is 4.79 Å². The Kier molecular flexibility index (Phi) is 4.75. The number of esters is 1. The zero-order valence-electron chi connectivity index (χ0n) is 10.1. The highest BCUT2D eigenvalue weighted by molar-refractivity contribution is 6.29. The first-order valence-electron chi connectivity index (χ1n) is 5.68. The quantitative estimate of drug-likeness (QED) is 0.623. The highest BCUT2D eigenvalue weighted by Crippen LogP contribution is 2.09. The zero-order chi connectivity index (χ0) is 13.5. The third-order valence-electron chi connectivity index (χ3n) is 2.29. The number of benzene rings is 1. The van der Waals surface area contributed by atoms with Gasteiger partial charge in [-0.05, 0) is 18.2 Å². The van der Waals surface area contributed by atoms with Crippen LogP contribution in [-0.4, -0.2) is 17.6 Å². The lowest BCUT2D eigenvalue weighted by molar-refractivity contribution is -0.147. The minimum atomic E-state index is -0.432. The first kappa shape index (κ1) is 13.4. The number of aromatic nitrogens is 1. The molecule has 0 bridgehead atoms. The molecule has 0 saturated carbocycles. The maximum absolute atomic E-state index is 11.5. The van der Waals surface area contributed by atoms with E-state index in [2.05, 4.69) is 4.98 Å². The van der Waals surface area contributed by atoms with Crippen molar-refractivity contribution in [1.82, 2.24) is 4.98 Å². The minimum Gasteiger partial charge on any atom is -0.482 e. The summed E-state index contributed by atoms with van der Waals surface area (Å²) in [5, 5.41) is 0.405. The van der Waals surface area contributed by atoms with Gasteiger partial charge in [0.2, 0.25) is 0 Å². The number of halogens is 1. The zero-order valence-corrected chi connectivity index (χ0v) is 10.8. The van der Waals surface area contributed by atoms with Gasteiger partial charge >= 0.3 is 5.97 Å². The summed E-state index contributed by atoms with van der Waals surface area (Å²) in [4.78, 5) is 15.4. The largest absolute Gasteiger partial charge is 0.482 e. The van der Waals surface area contributed by atoms with Gasteiger partial charge in [0.25, 0.3) is 0 Å². The van der Waals surface area contributed by atoms with Gasteiger partial charge in [-0.25, -0.2) is 9.78 Å². The summed E-state index contributed by atoms with van der Waals surface area (Å²) in [6.07, 6.45) is 1.56. The molecule has 0 atom stereocenters. The molecule has 2 aromatic rings. The van der Waals surface area contributed by atoms with Crippen molar-refractivity contribution < 1.29 is 14.3 Å². The van der Waals surface area contributed by atoms with E-state index in [1.807, 2.05) is 18.2 Å². The predicted molar refractivity (Wildman–Crippen MR) is 71.0 cm³/mol. The van der Waals surface area contributed by atoms with Gasteiger partial charge in [-0.15, -0.1) is 0 Å². The van der Waals surface area contributed by atoms with E-state index in [1.165, 1.54) is 0 Å². The van der Waals surface area contributed by atoms with E-state index in [4.69, 9.17) is 21.1 Å². The van der Waals surface area contributed by atoms with Gasteiger partial charge in [0.1, 0.15) is 17.5 Å². The highest BCUT2D eigenvalue weighted by atomic mass is 35.5. The summed E-state index contributed by atoms with van der Waals surface area (Å²) in [5.74, 6) is 0.200. The monoisotopic (exact) mass is 277 g/mol. The fourth-order valence-electron chi connectivity index (χ4n) is 1.36. The van der Waals surface area contributed by atoms with Crippen LogP contribution in [0.4, 0.5) is 0 Å². The molecule has 19 heavy (non-hydrogen) atoms. The van der Waals surface area contributed by atoms with Gasteiger partial charge < -0.3 is 9.47 Å². The SMILES string of the molecule is O=C(COc1ccccc1)OCc1ccc(Cl)nc1. The molecule has 1 aromatic heterocycles. The van der Waals surface area contributed by atoms with Crippen molar-refractivity contribution in [1.29, 1.82) is 0 Å². The van der Waals surface area contributed by atoms with Crippen LogP contribution in [0.1, 0.15) is 5.56 Å². The number of hydrogen-bond acceptors (Lipinski definition) is 4. The molecule has 0 unspecified atom stereocenters. The number of pyridine rings is 1. The molecule has 0 N–H and O–H groups in total. The van der Waals surface area contributed by atoms with Crippen LogP contribution in [-0.2, 0) is 16.1 Å². The molecule has 0 aliphatic carbocycles. The number of para-hydroxylation sites is 1. The lowest BCUT2D eigenvalue weighted by atomic mass is 10.3. The number of ether oxygens (including phenoxy) is 2. The molecule has 5 heteroatoms. The van der Waals surface area contributed by atoms with Crippen LogP contribution in [0.3, 0.4) is 0 Å². The van der Waals surface area contributed by atoms with E-state index in [0.29, 0.717) is 10.9 Å². The summed E-state index contributed by atoms with van der Waals surface area (Å²) in [7, 11) is 0. The average Bonchev–Trinajstić information content (AvgIpc) is 2.45. The third kappa shape index (κ3) is 4.60. The molecule has 0 spiro atoms. The van der Waals surface area contributed by atoms with E-state index >= 15 is 0 Å². The fraction of sp³-hybridized carbons (Fsp3) is 0.143. The Morgan fingerprint density at radius 2 is 1.95 bits per heavy atom. The Morgan fingerprint density at radius 3 is 2.63 bits per heavy atom. The number of carbonyl (C=O) groups is 1. The smallest absolute Gasteiger partial charge is 0.344 e. The van der Waals surface area contributed by atoms with Crippen molar-refractivity contribution in [2.75, 3.05) is 6.61 Å². The summed E-state index contributed by atoms with van der Waals surface area (Å²) in [6, 6.07) is 12.5. The van der Waals surface area contributed by atoms with Crippen molar-refractivity contribution in [3.8, 4) is 5.75 Å². The summed E-state index contributed by atoms with van der Waals surface area (Å²) >= 11 is 5.65. The van der Waals surface area contributed by atoms with Crippen molar-refractivity contribution in [2.45, 2.75) is 6.61 Å². The maximum Gasteiger partial charge on any atom is 0.344 e. The molecule has 2 rings (SSSR count). The Hall–Kier alpha value is -2.07. The van der Waals surface area contributed by atoms with Crippen molar-refractivity contribution in [3.63, 3.8) is 0 Å². The van der Waals surface area contributed by atoms with E-state index in [-0.39, 0.29) is 13.2 Å². The predicted octanol–water partition coefficient (Wildman–Crippen LogP) is 2.86. The Bertz CT molecular complexity index is 528. The number of hydrogen-bond donors (Lipinski definition) is 0. The number of rotatable bonds is 5. The van der Waals surface area contributed by atoms with Crippen LogP contribution in [0.5, 0.6) is 5.75 Å². The van der Waals surface area contributed by atoms with Gasteiger partial charge in [0.15, 0.2) is 6.61 Å². The summed E-state index contributed by atoms with van der Waals surface area (Å²) < 4.78 is 10.3. The lowest BCUT2D eigenvalue weighted by Gasteiger charge is -2.06. The molecule has 98 valence electrons. The highest BCUT2D eigenvalue weighted by Gasteiger charge is 2.05. The second kappa shape index (κ2) is 6.75. The Morgan fingerprint density at radius 1 is 1.16 bits per heavy atom. The molecule has 0 saturated heterocycles. The number of carbonyl (C=O) groups excluding carboxylic acids is 1. The molecule has 0 amide bonds. The molecule has 0 radical (unpaired) electrons. The van der Waals surface area contributed by atoms with Crippen LogP contribution in [0.15, 0.2) is 48.7 Å². The Balaban J connectivity index is 1.74. The lowest BCUT2D eigenvalue weighted by Crippen LogP contribution is -2.14. The molecular weight excluding hydrogens is 266 g/mol. The summed E-state index contributed by atoms with van der Waals surface area (Å²) in [5.41, 5.74) is 0.775. The molecule has 0 fully saturated rings. The molecule has 1 heterocycles. The normalized spacial score (nSPS) is 9.95. The minimum absolute atomic E-state index is 0.120. The molecule has 1 aromatic carbocycles. The van der Waals surface area contributed by atoms with Crippen molar-refractivity contribution >= 4 is 17.6 Å². The Labute approximate surface area is 115 Å². The van der Waals surface area contributed by atoms with Gasteiger partial charge in [-0.1, -0.05) is 35.9 Å². The molecule has 0 aliphatic rings. The third-order valence-corrected chi connectivity index (χ3v) is 2.51. The maximum atomic E-state index is 11.5. The van der Waals surface area contributed by atoms with Crippen LogP contribution in [0.2, 0.25) is 5.15 Å². The first-order valence-corrected chi connectivity index (χ1v) is 6.06. The van der Waals surface area contributed by atoms with Gasteiger partial charge in [0.05, 0.1) is 0 Å². The van der Waals surface area contributed by atoms with E-state index in [1.54, 1.807) is 30.5 Å². The average molecular weight is 278 g/mol. The second-order valence-electron chi connectivity index (χ2n) is 3.75. The van der Waals surface area contributed by atoms with Crippen molar-refractivity contribution in [2.24, 2.45) is 0 Å². The topological polar surface area (TPSA) is 48.4 Å². The molecule has 0 aliphatic heterocycles.